The highest BCUT2D eigenvalue weighted by Gasteiger charge is 2.22. The van der Waals surface area contributed by atoms with E-state index in [-0.39, 0.29) is 11.9 Å². The molecule has 16 heavy (non-hydrogen) atoms. The van der Waals surface area contributed by atoms with Crippen molar-refractivity contribution in [1.82, 2.24) is 15.2 Å². The van der Waals surface area contributed by atoms with Crippen molar-refractivity contribution in [2.45, 2.75) is 12.8 Å². The van der Waals surface area contributed by atoms with Crippen LogP contribution in [0.4, 0.5) is 4.79 Å². The lowest BCUT2D eigenvalue weighted by Crippen LogP contribution is -2.49. The number of nitrogens with zero attached hydrogens (tertiary/aromatic N) is 2. The minimum absolute atomic E-state index is 0.195. The molecule has 0 unspecified atom stereocenters. The monoisotopic (exact) mass is 219 g/mol. The normalized spacial score (nSPS) is 16.1. The van der Waals surface area contributed by atoms with Gasteiger partial charge in [0.25, 0.3) is 0 Å². The molecule has 1 aliphatic heterocycles. The van der Waals surface area contributed by atoms with Gasteiger partial charge in [0, 0.05) is 37.8 Å². The van der Waals surface area contributed by atoms with Gasteiger partial charge in [-0.05, 0) is 12.1 Å². The summed E-state index contributed by atoms with van der Waals surface area (Å²) in [5, 5.41) is 2.29. The number of aromatic nitrogens is 1. The number of hydrogen-bond donors (Lipinski definition) is 1. The summed E-state index contributed by atoms with van der Waals surface area (Å²) in [7, 11) is 0. The lowest BCUT2D eigenvalue weighted by Gasteiger charge is -2.26. The van der Waals surface area contributed by atoms with Crippen LogP contribution in [0.5, 0.6) is 0 Å². The maximum Gasteiger partial charge on any atom is 0.324 e. The second-order valence-electron chi connectivity index (χ2n) is 3.66. The number of carbonyl (C=O) groups is 2. The predicted molar refractivity (Wildman–Crippen MR) is 57.7 cm³/mol. The summed E-state index contributed by atoms with van der Waals surface area (Å²) in [6.45, 7) is 1.09. The lowest BCUT2D eigenvalue weighted by molar-refractivity contribution is -0.121. The van der Waals surface area contributed by atoms with Crippen LogP contribution in [-0.2, 0) is 11.2 Å². The van der Waals surface area contributed by atoms with Gasteiger partial charge in [-0.15, -0.1) is 0 Å². The molecule has 1 saturated heterocycles. The number of pyridine rings is 1. The number of nitrogens with one attached hydrogen (secondary N) is 1. The van der Waals surface area contributed by atoms with Gasteiger partial charge >= 0.3 is 6.03 Å². The Morgan fingerprint density at radius 3 is 2.94 bits per heavy atom. The number of urea groups is 1. The Hall–Kier alpha value is -1.91. The molecule has 0 aromatic carbocycles. The molecule has 1 aliphatic rings. The molecule has 0 bridgehead atoms. The van der Waals surface area contributed by atoms with Crippen LogP contribution in [0.2, 0.25) is 0 Å². The zero-order valence-corrected chi connectivity index (χ0v) is 8.85. The quantitative estimate of drug-likeness (QED) is 0.808. The molecule has 2 heterocycles. The van der Waals surface area contributed by atoms with Crippen molar-refractivity contribution in [3.05, 3.63) is 30.1 Å². The average Bonchev–Trinajstić information content (AvgIpc) is 2.29. The first-order valence-electron chi connectivity index (χ1n) is 5.24. The van der Waals surface area contributed by atoms with Crippen LogP contribution in [0.3, 0.4) is 0 Å². The van der Waals surface area contributed by atoms with Gasteiger partial charge in [0.1, 0.15) is 0 Å². The summed E-state index contributed by atoms with van der Waals surface area (Å²) in [6.07, 6.45) is 2.82. The fourth-order valence-corrected chi connectivity index (χ4v) is 1.61. The maximum absolute atomic E-state index is 11.4. The highest BCUT2D eigenvalue weighted by atomic mass is 16.2. The molecule has 5 nitrogen and oxygen atoms in total. The molecule has 3 amide bonds. The van der Waals surface area contributed by atoms with E-state index in [2.05, 4.69) is 10.3 Å². The molecule has 1 N–H and O–H groups in total. The van der Waals surface area contributed by atoms with Crippen LogP contribution in [0, 0.1) is 0 Å². The number of imide groups is 1. The lowest BCUT2D eigenvalue weighted by atomic mass is 10.2. The third-order valence-electron chi connectivity index (χ3n) is 2.51. The summed E-state index contributed by atoms with van der Waals surface area (Å²) in [6, 6.07) is 5.40. The SMILES string of the molecule is O=C1CCN(CCc2ccccn2)C(=O)N1. The van der Waals surface area contributed by atoms with Crippen LogP contribution >= 0.6 is 0 Å². The molecule has 1 fully saturated rings. The van der Waals surface area contributed by atoms with E-state index in [0.717, 1.165) is 5.69 Å². The van der Waals surface area contributed by atoms with Gasteiger partial charge in [0.15, 0.2) is 0 Å². The van der Waals surface area contributed by atoms with Gasteiger partial charge in [0.05, 0.1) is 0 Å². The fraction of sp³-hybridized carbons (Fsp3) is 0.364. The molecule has 84 valence electrons. The molecular weight excluding hydrogens is 206 g/mol. The van der Waals surface area contributed by atoms with Crippen LogP contribution < -0.4 is 5.32 Å². The number of carbonyl (C=O) groups excluding carboxylic acids is 2. The smallest absolute Gasteiger partial charge is 0.324 e. The number of amides is 3. The molecule has 0 aliphatic carbocycles. The van der Waals surface area contributed by atoms with Gasteiger partial charge in [-0.1, -0.05) is 6.07 Å². The highest BCUT2D eigenvalue weighted by Crippen LogP contribution is 2.03. The molecule has 1 aromatic rings. The van der Waals surface area contributed by atoms with E-state index in [1.165, 1.54) is 0 Å². The average molecular weight is 219 g/mol. The summed E-state index contributed by atoms with van der Waals surface area (Å²) < 4.78 is 0. The Kier molecular flexibility index (Phi) is 3.14. The molecular formula is C11H13N3O2. The van der Waals surface area contributed by atoms with Crippen LogP contribution in [0.15, 0.2) is 24.4 Å². The first kappa shape index (κ1) is 10.6. The molecule has 0 spiro atoms. The van der Waals surface area contributed by atoms with E-state index in [1.807, 2.05) is 18.2 Å². The van der Waals surface area contributed by atoms with Gasteiger partial charge in [-0.3, -0.25) is 15.1 Å². The second-order valence-corrected chi connectivity index (χ2v) is 3.66. The van der Waals surface area contributed by atoms with Crippen molar-refractivity contribution in [1.29, 1.82) is 0 Å². The minimum Gasteiger partial charge on any atom is -0.324 e. The van der Waals surface area contributed by atoms with Crippen LogP contribution in [0.1, 0.15) is 12.1 Å². The molecule has 0 radical (unpaired) electrons. The van der Waals surface area contributed by atoms with E-state index in [4.69, 9.17) is 0 Å². The maximum atomic E-state index is 11.4. The highest BCUT2D eigenvalue weighted by molar-refractivity contribution is 5.96. The van der Waals surface area contributed by atoms with Crippen molar-refractivity contribution < 1.29 is 9.59 Å². The summed E-state index contributed by atoms with van der Waals surface area (Å²) in [4.78, 5) is 28.1. The third kappa shape index (κ3) is 2.56. The standard InChI is InChI=1S/C11H13N3O2/c15-10-5-8-14(11(16)13-10)7-4-9-3-1-2-6-12-9/h1-3,6H,4-5,7-8H2,(H,13,15,16). The molecule has 0 saturated carbocycles. The Morgan fingerprint density at radius 1 is 1.38 bits per heavy atom. The molecule has 0 atom stereocenters. The first-order chi connectivity index (χ1) is 7.75. The van der Waals surface area contributed by atoms with E-state index in [0.29, 0.717) is 25.9 Å². The second kappa shape index (κ2) is 4.74. The van der Waals surface area contributed by atoms with Gasteiger partial charge in [-0.2, -0.15) is 0 Å². The minimum atomic E-state index is -0.299. The third-order valence-corrected chi connectivity index (χ3v) is 2.51. The number of rotatable bonds is 3. The van der Waals surface area contributed by atoms with Gasteiger partial charge in [-0.25, -0.2) is 4.79 Å². The van der Waals surface area contributed by atoms with Crippen LogP contribution in [0.25, 0.3) is 0 Å². The van der Waals surface area contributed by atoms with Crippen molar-refractivity contribution in [3.8, 4) is 0 Å². The van der Waals surface area contributed by atoms with Crippen molar-refractivity contribution in [2.24, 2.45) is 0 Å². The molecule has 1 aromatic heterocycles. The Morgan fingerprint density at radius 2 is 2.25 bits per heavy atom. The summed E-state index contributed by atoms with van der Waals surface area (Å²) in [5.74, 6) is -0.195. The Balaban J connectivity index is 1.87. The first-order valence-corrected chi connectivity index (χ1v) is 5.24. The molecule has 2 rings (SSSR count). The number of hydrogen-bond acceptors (Lipinski definition) is 3. The van der Waals surface area contributed by atoms with Crippen molar-refractivity contribution in [2.75, 3.05) is 13.1 Å². The van der Waals surface area contributed by atoms with Gasteiger partial charge < -0.3 is 4.90 Å². The zero-order valence-electron chi connectivity index (χ0n) is 8.85. The van der Waals surface area contributed by atoms with E-state index in [9.17, 15) is 9.59 Å². The van der Waals surface area contributed by atoms with Crippen molar-refractivity contribution in [3.63, 3.8) is 0 Å². The van der Waals surface area contributed by atoms with Crippen molar-refractivity contribution >= 4 is 11.9 Å². The summed E-state index contributed by atoms with van der Waals surface area (Å²) in [5.41, 5.74) is 0.951. The van der Waals surface area contributed by atoms with E-state index < -0.39 is 0 Å². The topological polar surface area (TPSA) is 62.3 Å². The summed E-state index contributed by atoms with van der Waals surface area (Å²) >= 11 is 0. The predicted octanol–water partition coefficient (Wildman–Crippen LogP) is 0.566. The van der Waals surface area contributed by atoms with E-state index >= 15 is 0 Å². The van der Waals surface area contributed by atoms with Crippen LogP contribution in [-0.4, -0.2) is 34.9 Å². The Labute approximate surface area is 93.5 Å². The fourth-order valence-electron chi connectivity index (χ4n) is 1.61. The van der Waals surface area contributed by atoms with E-state index in [1.54, 1.807) is 11.1 Å². The zero-order chi connectivity index (χ0) is 11.4. The van der Waals surface area contributed by atoms with Gasteiger partial charge in [0.2, 0.25) is 5.91 Å². The largest absolute Gasteiger partial charge is 0.324 e. The molecule has 5 heteroatoms. The Bertz CT molecular complexity index is 391.